The van der Waals surface area contributed by atoms with Crippen molar-refractivity contribution in [3.05, 3.63) is 144 Å². The van der Waals surface area contributed by atoms with Gasteiger partial charge in [0, 0.05) is 43.1 Å². The second-order valence-electron chi connectivity index (χ2n) is 21.1. The first-order valence-electron chi connectivity index (χ1n) is 24.4. The fourth-order valence-electron chi connectivity index (χ4n) is 11.2. The molecule has 5 heterocycles. The van der Waals surface area contributed by atoms with E-state index in [1.165, 1.54) is 66.1 Å². The van der Waals surface area contributed by atoms with Gasteiger partial charge in [0.25, 0.3) is 0 Å². The Morgan fingerprint density at radius 1 is 0.761 bits per heavy atom. The number of imidazole rings is 1. The molecule has 67 heavy (non-hydrogen) atoms. The van der Waals surface area contributed by atoms with Crippen LogP contribution >= 0.6 is 0 Å². The molecule has 1 atom stereocenters. The van der Waals surface area contributed by atoms with Crippen molar-refractivity contribution in [1.29, 1.82) is 0 Å². The average Bonchev–Trinajstić information content (AvgIpc) is 3.90. The van der Waals surface area contributed by atoms with Crippen molar-refractivity contribution < 1.29 is 24.5 Å². The predicted molar refractivity (Wildman–Crippen MR) is 277 cm³/mol. The first-order valence-corrected chi connectivity index (χ1v) is 31.8. The van der Waals surface area contributed by atoms with Crippen molar-refractivity contribution >= 4 is 61.5 Å². The maximum absolute atomic E-state index is 6.53. The Labute approximate surface area is 413 Å². The molecular weight excluding hydrogens is 1060 g/mol. The maximum atomic E-state index is 6.53. The third-order valence-electron chi connectivity index (χ3n) is 14.6. The summed E-state index contributed by atoms with van der Waals surface area (Å²) >= 11 is -1.91. The molecule has 3 fully saturated rings. The van der Waals surface area contributed by atoms with E-state index in [-0.39, 0.29) is 26.0 Å². The van der Waals surface area contributed by atoms with E-state index >= 15 is 0 Å². The minimum atomic E-state index is -1.91. The molecule has 1 radical (unpaired) electrons. The largest absolute Gasteiger partial charge is 0 e. The van der Waals surface area contributed by atoms with Crippen LogP contribution in [0.3, 0.4) is 0 Å². The number of pyridine rings is 3. The quantitative estimate of drug-likeness (QED) is 0.106. The number of benzene rings is 4. The molecule has 3 aliphatic carbocycles. The van der Waals surface area contributed by atoms with Crippen molar-refractivity contribution in [3.8, 4) is 28.3 Å². The molecular formula is C59H63GeIrN5O-2. The van der Waals surface area contributed by atoms with Crippen molar-refractivity contribution in [1.82, 2.24) is 24.5 Å². The van der Waals surface area contributed by atoms with Crippen LogP contribution < -0.4 is 4.40 Å². The summed E-state index contributed by atoms with van der Waals surface area (Å²) in [5.74, 6) is 12.1. The Morgan fingerprint density at radius 2 is 1.55 bits per heavy atom. The molecule has 6 nitrogen and oxygen atoms in total. The predicted octanol–water partition coefficient (Wildman–Crippen LogP) is 15.2. The van der Waals surface area contributed by atoms with E-state index in [1.807, 2.05) is 30.6 Å². The van der Waals surface area contributed by atoms with Crippen molar-refractivity contribution in [3.63, 3.8) is 0 Å². The molecule has 9 aromatic rings. The molecule has 12 rings (SSSR count). The van der Waals surface area contributed by atoms with E-state index < -0.39 is 13.3 Å². The molecule has 5 aromatic heterocycles. The summed E-state index contributed by atoms with van der Waals surface area (Å²) < 4.78 is 10.5. The SMILES string of the molecule is CC(C)c1ccc2c(n1)oc1c(-c3nc4cnccc4n3-c3c(C(C)C)cc4ccccc4c3C(C)C)[c-]ccc12.[CH3][Ge]([CH3])([CH3])[c]1cnc(-c2[c-]cccc2)cc1CC1CC2CCC1CC2.[Ir]. The van der Waals surface area contributed by atoms with Crippen LogP contribution in [0.15, 0.2) is 114 Å². The maximum Gasteiger partial charge on any atom is 0 e. The Kier molecular flexibility index (Phi) is 13.5. The summed E-state index contributed by atoms with van der Waals surface area (Å²) in [5, 5.41) is 4.54. The summed E-state index contributed by atoms with van der Waals surface area (Å²) in [6, 6.07) is 38.9. The molecule has 345 valence electrons. The van der Waals surface area contributed by atoms with Gasteiger partial charge in [-0.2, -0.15) is 0 Å². The van der Waals surface area contributed by atoms with Crippen LogP contribution in [-0.2, 0) is 26.5 Å². The van der Waals surface area contributed by atoms with Gasteiger partial charge in [-0.05, 0) is 63.9 Å². The normalized spacial score (nSPS) is 17.2. The molecule has 0 N–H and O–H groups in total. The molecule has 0 saturated heterocycles. The third kappa shape index (κ3) is 9.09. The molecule has 3 aliphatic rings. The van der Waals surface area contributed by atoms with Gasteiger partial charge in [-0.25, -0.2) is 4.98 Å². The van der Waals surface area contributed by atoms with E-state index in [0.717, 1.165) is 73.5 Å². The summed E-state index contributed by atoms with van der Waals surface area (Å²) in [6.07, 6.45) is 14.6. The summed E-state index contributed by atoms with van der Waals surface area (Å²) in [4.78, 5) is 19.3. The van der Waals surface area contributed by atoms with Crippen molar-refractivity contribution in [2.75, 3.05) is 0 Å². The van der Waals surface area contributed by atoms with Gasteiger partial charge in [0.2, 0.25) is 5.71 Å². The van der Waals surface area contributed by atoms with E-state index in [2.05, 4.69) is 159 Å². The number of hydrogen-bond acceptors (Lipinski definition) is 5. The number of hydrogen-bond donors (Lipinski definition) is 0. The van der Waals surface area contributed by atoms with E-state index in [1.54, 1.807) is 9.96 Å². The van der Waals surface area contributed by atoms with Crippen LogP contribution in [0.5, 0.6) is 0 Å². The van der Waals surface area contributed by atoms with Crippen LogP contribution in [0.25, 0.3) is 72.2 Å². The molecule has 0 aliphatic heterocycles. The van der Waals surface area contributed by atoms with Crippen LogP contribution in [0, 0.1) is 29.9 Å². The van der Waals surface area contributed by atoms with Crippen molar-refractivity contribution in [2.45, 2.75) is 115 Å². The Bertz CT molecular complexity index is 3210. The van der Waals surface area contributed by atoms with Gasteiger partial charge < -0.3 is 8.98 Å². The monoisotopic (exact) mass is 1120 g/mol. The first kappa shape index (κ1) is 47.1. The topological polar surface area (TPSA) is 69.6 Å². The Hall–Kier alpha value is -4.95. The molecule has 0 amide bonds. The zero-order valence-electron chi connectivity index (χ0n) is 40.6. The second-order valence-corrected chi connectivity index (χ2v) is 31.6. The minimum absolute atomic E-state index is 0. The van der Waals surface area contributed by atoms with Gasteiger partial charge in [-0.3, -0.25) is 9.97 Å². The molecule has 8 heteroatoms. The number of aromatic nitrogens is 5. The zero-order chi connectivity index (χ0) is 45.9. The van der Waals surface area contributed by atoms with Crippen LogP contribution in [0.2, 0.25) is 17.3 Å². The van der Waals surface area contributed by atoms with E-state index in [0.29, 0.717) is 17.5 Å². The molecule has 2 bridgehead atoms. The standard InChI is InChI=1S/C36H33N4O.C23H30GeN.Ir/c1-20(2)28-18-23-10-7-8-11-24(23)32(22(5)6)33(28)40-31-16-17-37-19-30(31)38-35(40)27-13-9-12-25-26-14-15-29(21(3)4)39-36(26)41-34(25)27;1-24(2,3)22-16-25-23(19-7-5-4-6-8-19)15-21(22)14-20-13-17-9-11-18(20)12-10-17;/h7-12,14-22H,1-6H3;4-7,15-18,20H,9-14H2,1-3H3;/q2*-1;. The summed E-state index contributed by atoms with van der Waals surface area (Å²) in [5.41, 5.74) is 12.7. The fourth-order valence-corrected chi connectivity index (χ4v) is 14.5. The molecule has 1 unspecified atom stereocenters. The Balaban J connectivity index is 0.000000186. The van der Waals surface area contributed by atoms with Gasteiger partial charge in [-0.15, -0.1) is 18.2 Å². The second kappa shape index (κ2) is 19.2. The van der Waals surface area contributed by atoms with Gasteiger partial charge >= 0.3 is 156 Å². The Morgan fingerprint density at radius 3 is 2.25 bits per heavy atom. The van der Waals surface area contributed by atoms with Gasteiger partial charge in [0.15, 0.2) is 0 Å². The van der Waals surface area contributed by atoms with Crippen LogP contribution in [0.1, 0.15) is 114 Å². The fraction of sp³-hybridized carbons (Fsp3) is 0.356. The summed E-state index contributed by atoms with van der Waals surface area (Å²) in [6.45, 7) is 13.4. The number of nitrogens with zero attached hydrogens (tertiary/aromatic N) is 5. The van der Waals surface area contributed by atoms with E-state index in [9.17, 15) is 0 Å². The van der Waals surface area contributed by atoms with Crippen LogP contribution in [0.4, 0.5) is 0 Å². The summed E-state index contributed by atoms with van der Waals surface area (Å²) in [7, 11) is 0. The number of fused-ring (bicyclic) bond motifs is 8. The van der Waals surface area contributed by atoms with E-state index in [4.69, 9.17) is 19.4 Å². The minimum Gasteiger partial charge on any atom is 0 e. The molecule has 3 saturated carbocycles. The molecule has 4 aromatic carbocycles. The van der Waals surface area contributed by atoms with Crippen molar-refractivity contribution in [2.24, 2.45) is 17.8 Å². The van der Waals surface area contributed by atoms with Gasteiger partial charge in [0.05, 0.1) is 28.6 Å². The zero-order valence-corrected chi connectivity index (χ0v) is 45.1. The smallest absolute Gasteiger partial charge is 0 e. The molecule has 0 spiro atoms. The number of furan rings is 1. The third-order valence-corrected chi connectivity index (χ3v) is 18.9. The van der Waals surface area contributed by atoms with Crippen LogP contribution in [-0.4, -0.2) is 37.8 Å². The van der Waals surface area contributed by atoms with Gasteiger partial charge in [0.1, 0.15) is 0 Å². The average molecular weight is 1120 g/mol. The first-order chi connectivity index (χ1) is 31.8. The number of rotatable bonds is 9. The van der Waals surface area contributed by atoms with Gasteiger partial charge in [-0.1, -0.05) is 76.8 Å².